The fourth-order valence-electron chi connectivity index (χ4n) is 2.87. The van der Waals surface area contributed by atoms with Gasteiger partial charge in [0.1, 0.15) is 11.5 Å². The summed E-state index contributed by atoms with van der Waals surface area (Å²) in [4.78, 5) is 29.0. The van der Waals surface area contributed by atoms with Crippen LogP contribution in [-0.2, 0) is 11.2 Å². The molecule has 0 saturated heterocycles. The Morgan fingerprint density at radius 3 is 2.65 bits per heavy atom. The summed E-state index contributed by atoms with van der Waals surface area (Å²) in [6.45, 7) is 1.91. The van der Waals surface area contributed by atoms with Crippen molar-refractivity contribution in [3.63, 3.8) is 0 Å². The highest BCUT2D eigenvalue weighted by Crippen LogP contribution is 2.19. The minimum absolute atomic E-state index is 0.102. The van der Waals surface area contributed by atoms with Crippen LogP contribution in [0.1, 0.15) is 23.0 Å². The molecule has 134 valence electrons. The third kappa shape index (κ3) is 3.59. The first-order valence-electron chi connectivity index (χ1n) is 8.40. The lowest BCUT2D eigenvalue weighted by Gasteiger charge is -2.17. The number of nitrogens with zero attached hydrogens (tertiary/aromatic N) is 1. The second-order valence-corrected chi connectivity index (χ2v) is 6.10. The zero-order chi connectivity index (χ0) is 18.7. The third-order valence-electron chi connectivity index (χ3n) is 4.24. The Morgan fingerprint density at radius 1 is 1.15 bits per heavy atom. The molecule has 2 aromatic carbocycles. The van der Waals surface area contributed by atoms with E-state index in [1.165, 1.54) is 24.1 Å². The van der Waals surface area contributed by atoms with Crippen molar-refractivity contribution in [2.24, 2.45) is 0 Å². The summed E-state index contributed by atoms with van der Waals surface area (Å²) >= 11 is 0. The number of benzene rings is 2. The summed E-state index contributed by atoms with van der Waals surface area (Å²) in [6, 6.07) is 13.6. The number of amides is 2. The number of halogens is 1. The molecule has 6 heteroatoms. The SMILES string of the molecule is CCc1ccccc1NC(=O)CN(C)C(=O)c1cc2c(F)cccc2[nH]1. The molecular formula is C20H20FN3O2. The molecule has 0 atom stereocenters. The smallest absolute Gasteiger partial charge is 0.270 e. The molecule has 2 N–H and O–H groups in total. The van der Waals surface area contributed by atoms with Crippen LogP contribution in [0.5, 0.6) is 0 Å². The molecule has 2 amide bonds. The predicted molar refractivity (Wildman–Crippen MR) is 99.7 cm³/mol. The average Bonchev–Trinajstić information content (AvgIpc) is 3.07. The van der Waals surface area contributed by atoms with Crippen molar-refractivity contribution in [2.75, 3.05) is 18.9 Å². The van der Waals surface area contributed by atoms with Gasteiger partial charge in [-0.05, 0) is 36.2 Å². The fourth-order valence-corrected chi connectivity index (χ4v) is 2.87. The molecule has 0 radical (unpaired) electrons. The number of carbonyl (C=O) groups excluding carboxylic acids is 2. The van der Waals surface area contributed by atoms with Crippen LogP contribution in [0.25, 0.3) is 10.9 Å². The maximum Gasteiger partial charge on any atom is 0.270 e. The van der Waals surface area contributed by atoms with Crippen molar-refractivity contribution in [3.05, 3.63) is 65.6 Å². The Balaban J connectivity index is 1.70. The maximum absolute atomic E-state index is 13.8. The van der Waals surface area contributed by atoms with E-state index in [2.05, 4.69) is 10.3 Å². The topological polar surface area (TPSA) is 65.2 Å². The molecule has 1 heterocycles. The van der Waals surface area contributed by atoms with E-state index in [0.717, 1.165) is 17.7 Å². The Kier molecular flexibility index (Phi) is 5.02. The van der Waals surface area contributed by atoms with E-state index in [1.54, 1.807) is 12.1 Å². The van der Waals surface area contributed by atoms with Crippen molar-refractivity contribution in [3.8, 4) is 0 Å². The van der Waals surface area contributed by atoms with E-state index in [0.29, 0.717) is 10.9 Å². The molecule has 0 aliphatic rings. The van der Waals surface area contributed by atoms with Crippen molar-refractivity contribution >= 4 is 28.4 Å². The first-order chi connectivity index (χ1) is 12.5. The van der Waals surface area contributed by atoms with Gasteiger partial charge in [0.25, 0.3) is 5.91 Å². The Hall–Kier alpha value is -3.15. The average molecular weight is 353 g/mol. The normalized spacial score (nSPS) is 10.7. The van der Waals surface area contributed by atoms with E-state index in [9.17, 15) is 14.0 Å². The standard InChI is InChI=1S/C20H20FN3O2/c1-3-13-7-4-5-9-16(13)23-19(25)12-24(2)20(26)18-11-14-15(21)8-6-10-17(14)22-18/h4-11,22H,3,12H2,1-2H3,(H,23,25). The molecule has 0 fully saturated rings. The van der Waals surface area contributed by atoms with Crippen LogP contribution in [0.4, 0.5) is 10.1 Å². The van der Waals surface area contributed by atoms with Gasteiger partial charge in [0.15, 0.2) is 0 Å². The molecule has 3 rings (SSSR count). The number of aromatic nitrogens is 1. The third-order valence-corrected chi connectivity index (χ3v) is 4.24. The number of fused-ring (bicyclic) bond motifs is 1. The molecule has 5 nitrogen and oxygen atoms in total. The van der Waals surface area contributed by atoms with Gasteiger partial charge in [-0.25, -0.2) is 4.39 Å². The van der Waals surface area contributed by atoms with Gasteiger partial charge in [0.05, 0.1) is 6.54 Å². The summed E-state index contributed by atoms with van der Waals surface area (Å²) in [7, 11) is 1.54. The lowest BCUT2D eigenvalue weighted by molar-refractivity contribution is -0.116. The van der Waals surface area contributed by atoms with Gasteiger partial charge in [-0.15, -0.1) is 0 Å². The van der Waals surface area contributed by atoms with E-state index in [4.69, 9.17) is 0 Å². The van der Waals surface area contributed by atoms with Gasteiger partial charge in [-0.2, -0.15) is 0 Å². The highest BCUT2D eigenvalue weighted by Gasteiger charge is 2.18. The lowest BCUT2D eigenvalue weighted by Crippen LogP contribution is -2.35. The van der Waals surface area contributed by atoms with Gasteiger partial charge in [0.2, 0.25) is 5.91 Å². The van der Waals surface area contributed by atoms with E-state index < -0.39 is 5.82 Å². The highest BCUT2D eigenvalue weighted by atomic mass is 19.1. The molecule has 1 aromatic heterocycles. The molecule has 3 aromatic rings. The molecule has 0 spiro atoms. The van der Waals surface area contributed by atoms with Crippen molar-refractivity contribution < 1.29 is 14.0 Å². The quantitative estimate of drug-likeness (QED) is 0.736. The molecule has 0 bridgehead atoms. The number of nitrogens with one attached hydrogen (secondary N) is 2. The molecule has 0 unspecified atom stereocenters. The summed E-state index contributed by atoms with van der Waals surface area (Å²) in [5, 5.41) is 3.18. The lowest BCUT2D eigenvalue weighted by atomic mass is 10.1. The molecular weight excluding hydrogens is 333 g/mol. The van der Waals surface area contributed by atoms with Gasteiger partial charge in [0, 0.05) is 23.6 Å². The number of anilines is 1. The zero-order valence-corrected chi connectivity index (χ0v) is 14.7. The second-order valence-electron chi connectivity index (χ2n) is 6.10. The number of aromatic amines is 1. The monoisotopic (exact) mass is 353 g/mol. The van der Waals surface area contributed by atoms with Crippen LogP contribution in [0, 0.1) is 5.82 Å². The van der Waals surface area contributed by atoms with E-state index in [-0.39, 0.29) is 24.1 Å². The van der Waals surface area contributed by atoms with Gasteiger partial charge in [-0.1, -0.05) is 31.2 Å². The van der Waals surface area contributed by atoms with Gasteiger partial charge >= 0.3 is 0 Å². The fraction of sp³-hybridized carbons (Fsp3) is 0.200. The number of para-hydroxylation sites is 1. The Bertz CT molecular complexity index is 965. The minimum atomic E-state index is -0.394. The largest absolute Gasteiger partial charge is 0.350 e. The number of hydrogen-bond donors (Lipinski definition) is 2. The first-order valence-corrected chi connectivity index (χ1v) is 8.40. The number of H-pyrrole nitrogens is 1. The number of carbonyl (C=O) groups is 2. The highest BCUT2D eigenvalue weighted by molar-refractivity contribution is 6.01. The van der Waals surface area contributed by atoms with Crippen LogP contribution in [-0.4, -0.2) is 35.3 Å². The molecule has 0 aliphatic heterocycles. The maximum atomic E-state index is 13.8. The van der Waals surface area contributed by atoms with E-state index >= 15 is 0 Å². The minimum Gasteiger partial charge on any atom is -0.350 e. The molecule has 0 aliphatic carbocycles. The number of aryl methyl sites for hydroxylation is 1. The predicted octanol–water partition coefficient (Wildman–Crippen LogP) is 3.58. The summed E-state index contributed by atoms with van der Waals surface area (Å²) in [5.74, 6) is -1.06. The van der Waals surface area contributed by atoms with Crippen LogP contribution in [0.2, 0.25) is 0 Å². The summed E-state index contributed by atoms with van der Waals surface area (Å²) < 4.78 is 13.8. The van der Waals surface area contributed by atoms with E-state index in [1.807, 2.05) is 31.2 Å². The van der Waals surface area contributed by atoms with Crippen LogP contribution >= 0.6 is 0 Å². The van der Waals surface area contributed by atoms with Crippen molar-refractivity contribution in [1.82, 2.24) is 9.88 Å². The van der Waals surface area contributed by atoms with Crippen molar-refractivity contribution in [2.45, 2.75) is 13.3 Å². The van der Waals surface area contributed by atoms with Gasteiger partial charge in [-0.3, -0.25) is 9.59 Å². The van der Waals surface area contributed by atoms with Gasteiger partial charge < -0.3 is 15.2 Å². The first kappa shape index (κ1) is 17.7. The second kappa shape index (κ2) is 7.39. The number of hydrogen-bond acceptors (Lipinski definition) is 2. The summed E-state index contributed by atoms with van der Waals surface area (Å²) in [6.07, 6.45) is 0.797. The summed E-state index contributed by atoms with van der Waals surface area (Å²) in [5.41, 5.74) is 2.56. The van der Waals surface area contributed by atoms with Crippen LogP contribution < -0.4 is 5.32 Å². The number of rotatable bonds is 5. The van der Waals surface area contributed by atoms with Crippen LogP contribution in [0.3, 0.4) is 0 Å². The Morgan fingerprint density at radius 2 is 1.92 bits per heavy atom. The zero-order valence-electron chi connectivity index (χ0n) is 14.7. The van der Waals surface area contributed by atoms with Crippen molar-refractivity contribution in [1.29, 1.82) is 0 Å². The molecule has 0 saturated carbocycles. The van der Waals surface area contributed by atoms with Crippen LogP contribution in [0.15, 0.2) is 48.5 Å². The Labute approximate surface area is 150 Å². The molecule has 26 heavy (non-hydrogen) atoms. The number of likely N-dealkylation sites (N-methyl/N-ethyl adjacent to an activating group) is 1.